The first-order valence-electron chi connectivity index (χ1n) is 4.42. The van der Waals surface area contributed by atoms with Gasteiger partial charge in [0.1, 0.15) is 0 Å². The second-order valence-corrected chi connectivity index (χ2v) is 3.84. The molecule has 74 valence electrons. The summed E-state index contributed by atoms with van der Waals surface area (Å²) in [6, 6.07) is 1.89. The number of nitrogens with zero attached hydrogens (tertiary/aromatic N) is 1. The van der Waals surface area contributed by atoms with Crippen LogP contribution in [0, 0.1) is 0 Å². The number of rotatable bonds is 3. The minimum absolute atomic E-state index is 0.236. The zero-order valence-electron chi connectivity index (χ0n) is 8.22. The Morgan fingerprint density at radius 2 is 2.08 bits per heavy atom. The van der Waals surface area contributed by atoms with Crippen LogP contribution in [0.15, 0.2) is 18.5 Å². The van der Waals surface area contributed by atoms with Crippen LogP contribution in [0.1, 0.15) is 32.3 Å². The summed E-state index contributed by atoms with van der Waals surface area (Å²) in [5, 5.41) is 0. The number of aromatic nitrogens is 1. The lowest BCUT2D eigenvalue weighted by atomic mass is 10.1. The average Bonchev–Trinajstić information content (AvgIpc) is 2.31. The number of halogens is 2. The molecule has 3 heteroatoms. The molecule has 0 amide bonds. The van der Waals surface area contributed by atoms with E-state index in [-0.39, 0.29) is 6.54 Å². The quantitative estimate of drug-likeness (QED) is 0.684. The molecule has 1 aromatic heterocycles. The lowest BCUT2D eigenvalue weighted by molar-refractivity contribution is 0.00399. The second kappa shape index (κ2) is 3.48. The summed E-state index contributed by atoms with van der Waals surface area (Å²) in [5.74, 6) is -2.24. The Labute approximate surface area is 77.4 Å². The van der Waals surface area contributed by atoms with Crippen molar-refractivity contribution in [3.63, 3.8) is 0 Å². The third kappa shape index (κ3) is 3.17. The highest BCUT2D eigenvalue weighted by atomic mass is 19.3. The molecule has 0 aromatic carbocycles. The van der Waals surface area contributed by atoms with Crippen LogP contribution in [-0.2, 0) is 6.54 Å². The fourth-order valence-electron chi connectivity index (χ4n) is 1.22. The van der Waals surface area contributed by atoms with Gasteiger partial charge in [0.2, 0.25) is 0 Å². The molecule has 1 aromatic rings. The zero-order valence-corrected chi connectivity index (χ0v) is 8.22. The molecule has 1 heterocycles. The first kappa shape index (κ1) is 10.2. The van der Waals surface area contributed by atoms with Gasteiger partial charge >= 0.3 is 0 Å². The monoisotopic (exact) mass is 187 g/mol. The van der Waals surface area contributed by atoms with E-state index in [2.05, 4.69) is 0 Å². The summed E-state index contributed by atoms with van der Waals surface area (Å²) >= 11 is 0. The molecule has 0 N–H and O–H groups in total. The van der Waals surface area contributed by atoms with Crippen molar-refractivity contribution in [2.75, 3.05) is 0 Å². The maximum atomic E-state index is 12.6. The molecule has 0 spiro atoms. The van der Waals surface area contributed by atoms with Crippen molar-refractivity contribution in [3.8, 4) is 0 Å². The molecule has 1 rings (SSSR count). The Bertz CT molecular complexity index is 271. The molecule has 0 aliphatic carbocycles. The van der Waals surface area contributed by atoms with E-state index in [0.717, 1.165) is 12.5 Å². The lowest BCUT2D eigenvalue weighted by Gasteiger charge is -2.10. The highest BCUT2D eigenvalue weighted by molar-refractivity contribution is 5.14. The zero-order chi connectivity index (χ0) is 10.1. The van der Waals surface area contributed by atoms with Crippen LogP contribution in [0.5, 0.6) is 0 Å². The highest BCUT2D eigenvalue weighted by Gasteiger charge is 2.21. The predicted molar refractivity (Wildman–Crippen MR) is 49.1 cm³/mol. The summed E-state index contributed by atoms with van der Waals surface area (Å²) in [6.45, 7) is 4.79. The molecule has 0 fully saturated rings. The van der Waals surface area contributed by atoms with Crippen LogP contribution >= 0.6 is 0 Å². The topological polar surface area (TPSA) is 4.93 Å². The van der Waals surface area contributed by atoms with E-state index in [1.807, 2.05) is 19.9 Å². The van der Waals surface area contributed by atoms with Crippen molar-refractivity contribution < 1.29 is 8.78 Å². The molecular weight excluding hydrogens is 172 g/mol. The second-order valence-electron chi connectivity index (χ2n) is 3.84. The van der Waals surface area contributed by atoms with E-state index < -0.39 is 5.92 Å². The number of hydrogen-bond donors (Lipinski definition) is 0. The third-order valence-corrected chi connectivity index (χ3v) is 1.90. The first-order valence-corrected chi connectivity index (χ1v) is 4.42. The molecule has 0 unspecified atom stereocenters. The maximum absolute atomic E-state index is 12.6. The minimum Gasteiger partial charge on any atom is -0.348 e. The van der Waals surface area contributed by atoms with Gasteiger partial charge in [0.15, 0.2) is 0 Å². The number of hydrogen-bond acceptors (Lipinski definition) is 0. The molecule has 0 bridgehead atoms. The average molecular weight is 187 g/mol. The molecule has 13 heavy (non-hydrogen) atoms. The Kier molecular flexibility index (Phi) is 2.74. The third-order valence-electron chi connectivity index (χ3n) is 1.90. The van der Waals surface area contributed by atoms with Crippen molar-refractivity contribution in [1.82, 2.24) is 4.57 Å². The summed E-state index contributed by atoms with van der Waals surface area (Å²) in [5.41, 5.74) is 1.10. The molecule has 0 aliphatic rings. The largest absolute Gasteiger partial charge is 0.348 e. The van der Waals surface area contributed by atoms with Gasteiger partial charge in [-0.3, -0.25) is 0 Å². The van der Waals surface area contributed by atoms with Crippen LogP contribution in [0.25, 0.3) is 0 Å². The van der Waals surface area contributed by atoms with E-state index in [0.29, 0.717) is 5.92 Å². The van der Waals surface area contributed by atoms with Gasteiger partial charge in [-0.2, -0.15) is 0 Å². The Hall–Kier alpha value is -0.860. The Morgan fingerprint density at radius 3 is 2.46 bits per heavy atom. The first-order chi connectivity index (χ1) is 5.88. The summed E-state index contributed by atoms with van der Waals surface area (Å²) < 4.78 is 26.7. The Balaban J connectivity index is 2.70. The van der Waals surface area contributed by atoms with Gasteiger partial charge in [-0.1, -0.05) is 13.8 Å². The van der Waals surface area contributed by atoms with Gasteiger partial charge in [-0.05, 0) is 17.5 Å². The molecule has 0 aliphatic heterocycles. The van der Waals surface area contributed by atoms with Crippen molar-refractivity contribution >= 4 is 0 Å². The van der Waals surface area contributed by atoms with Crippen LogP contribution < -0.4 is 0 Å². The van der Waals surface area contributed by atoms with E-state index in [4.69, 9.17) is 0 Å². The van der Waals surface area contributed by atoms with Gasteiger partial charge in [0, 0.05) is 19.3 Å². The van der Waals surface area contributed by atoms with Gasteiger partial charge in [0.25, 0.3) is 5.92 Å². The molecule has 0 radical (unpaired) electrons. The van der Waals surface area contributed by atoms with Crippen LogP contribution in [0.2, 0.25) is 0 Å². The summed E-state index contributed by atoms with van der Waals surface area (Å²) in [6.07, 6.45) is 3.48. The van der Waals surface area contributed by atoms with Crippen molar-refractivity contribution in [2.45, 2.75) is 39.2 Å². The molecule has 0 saturated carbocycles. The van der Waals surface area contributed by atoms with Gasteiger partial charge in [0.05, 0.1) is 6.54 Å². The summed E-state index contributed by atoms with van der Waals surface area (Å²) in [4.78, 5) is 0. The number of alkyl halides is 2. The lowest BCUT2D eigenvalue weighted by Crippen LogP contribution is -2.17. The fourth-order valence-corrected chi connectivity index (χ4v) is 1.22. The normalized spacial score (nSPS) is 12.5. The molecule has 1 nitrogen and oxygen atoms in total. The van der Waals surface area contributed by atoms with Crippen molar-refractivity contribution in [3.05, 3.63) is 24.0 Å². The summed E-state index contributed by atoms with van der Waals surface area (Å²) in [7, 11) is 0. The van der Waals surface area contributed by atoms with Gasteiger partial charge in [-0.15, -0.1) is 0 Å². The van der Waals surface area contributed by atoms with Crippen molar-refractivity contribution in [2.24, 2.45) is 0 Å². The van der Waals surface area contributed by atoms with E-state index >= 15 is 0 Å². The Morgan fingerprint density at radius 1 is 1.46 bits per heavy atom. The molecular formula is C10H15F2N. The van der Waals surface area contributed by atoms with Crippen LogP contribution in [0.4, 0.5) is 8.78 Å². The smallest absolute Gasteiger partial charge is 0.262 e. The van der Waals surface area contributed by atoms with E-state index in [9.17, 15) is 8.78 Å². The van der Waals surface area contributed by atoms with Crippen molar-refractivity contribution in [1.29, 1.82) is 0 Å². The highest BCUT2D eigenvalue weighted by Crippen LogP contribution is 2.18. The van der Waals surface area contributed by atoms with Crippen LogP contribution in [-0.4, -0.2) is 10.5 Å². The van der Waals surface area contributed by atoms with Crippen LogP contribution in [0.3, 0.4) is 0 Å². The SMILES string of the molecule is CC(C)c1ccn(CC(C)(F)F)c1. The minimum atomic E-state index is -2.63. The standard InChI is InChI=1S/C10H15F2N/c1-8(2)9-4-5-13(6-9)7-10(3,11)12/h4-6,8H,7H2,1-3H3. The van der Waals surface area contributed by atoms with E-state index in [1.54, 1.807) is 12.4 Å². The predicted octanol–water partition coefficient (Wildman–Crippen LogP) is 3.27. The fraction of sp³-hybridized carbons (Fsp3) is 0.600. The van der Waals surface area contributed by atoms with Gasteiger partial charge < -0.3 is 4.57 Å². The van der Waals surface area contributed by atoms with Gasteiger partial charge in [-0.25, -0.2) is 8.78 Å². The molecule has 0 atom stereocenters. The van der Waals surface area contributed by atoms with E-state index in [1.165, 1.54) is 4.57 Å². The molecule has 0 saturated heterocycles. The maximum Gasteiger partial charge on any atom is 0.262 e.